The molecule has 2 heteroatoms. The van der Waals surface area contributed by atoms with Crippen molar-refractivity contribution in [2.45, 2.75) is 77.3 Å². The summed E-state index contributed by atoms with van der Waals surface area (Å²) in [6, 6.07) is 1.68. The van der Waals surface area contributed by atoms with Crippen molar-refractivity contribution in [2.24, 2.45) is 5.92 Å². The quantitative estimate of drug-likeness (QED) is 0.666. The van der Waals surface area contributed by atoms with Crippen LogP contribution in [0, 0.1) is 5.92 Å². The summed E-state index contributed by atoms with van der Waals surface area (Å²) >= 11 is 0. The first-order valence-electron chi connectivity index (χ1n) is 8.27. The van der Waals surface area contributed by atoms with Gasteiger partial charge < -0.3 is 10.2 Å². The van der Waals surface area contributed by atoms with Gasteiger partial charge >= 0.3 is 0 Å². The van der Waals surface area contributed by atoms with Gasteiger partial charge in [-0.05, 0) is 71.0 Å². The number of hydrogen-bond donors (Lipinski definition) is 1. The highest BCUT2D eigenvalue weighted by Crippen LogP contribution is 2.24. The molecule has 0 aromatic carbocycles. The van der Waals surface area contributed by atoms with E-state index in [1.807, 2.05) is 0 Å². The molecule has 2 aliphatic rings. The van der Waals surface area contributed by atoms with E-state index in [2.05, 4.69) is 24.1 Å². The molecule has 1 saturated carbocycles. The molecular formula is C16H32N2. The van der Waals surface area contributed by atoms with Crippen LogP contribution in [-0.4, -0.2) is 36.6 Å². The SMILES string of the molecule is CCCC1CCN(C(C)CCCNC2CC2)CC1. The standard InChI is InChI=1S/C16H32N2/c1-3-5-15-9-12-18(13-10-15)14(2)6-4-11-17-16-7-8-16/h14-17H,3-13H2,1-2H3. The predicted molar refractivity (Wildman–Crippen MR) is 78.9 cm³/mol. The first-order valence-corrected chi connectivity index (χ1v) is 8.27. The molecule has 106 valence electrons. The van der Waals surface area contributed by atoms with Crippen molar-refractivity contribution in [1.29, 1.82) is 0 Å². The minimum absolute atomic E-state index is 0.800. The van der Waals surface area contributed by atoms with Crippen LogP contribution in [0.2, 0.25) is 0 Å². The van der Waals surface area contributed by atoms with Gasteiger partial charge in [-0.3, -0.25) is 0 Å². The van der Waals surface area contributed by atoms with E-state index in [0.29, 0.717) is 0 Å². The Morgan fingerprint density at radius 1 is 1.17 bits per heavy atom. The lowest BCUT2D eigenvalue weighted by atomic mass is 9.91. The van der Waals surface area contributed by atoms with Crippen LogP contribution in [0.25, 0.3) is 0 Å². The Kier molecular flexibility index (Phi) is 5.97. The predicted octanol–water partition coefficient (Wildman–Crippen LogP) is 3.42. The molecule has 1 saturated heterocycles. The Hall–Kier alpha value is -0.0800. The lowest BCUT2D eigenvalue weighted by Gasteiger charge is -2.36. The zero-order chi connectivity index (χ0) is 12.8. The number of hydrogen-bond acceptors (Lipinski definition) is 2. The molecule has 0 aromatic heterocycles. The second kappa shape index (κ2) is 7.49. The average Bonchev–Trinajstić information content (AvgIpc) is 3.20. The van der Waals surface area contributed by atoms with Crippen molar-refractivity contribution in [2.75, 3.05) is 19.6 Å². The van der Waals surface area contributed by atoms with Gasteiger partial charge in [0.1, 0.15) is 0 Å². The number of nitrogens with zero attached hydrogens (tertiary/aromatic N) is 1. The van der Waals surface area contributed by atoms with Gasteiger partial charge in [0.2, 0.25) is 0 Å². The topological polar surface area (TPSA) is 15.3 Å². The number of piperidine rings is 1. The third-order valence-corrected chi connectivity index (χ3v) is 4.78. The largest absolute Gasteiger partial charge is 0.314 e. The summed E-state index contributed by atoms with van der Waals surface area (Å²) in [5.41, 5.74) is 0. The van der Waals surface area contributed by atoms with E-state index in [0.717, 1.165) is 18.0 Å². The molecule has 1 N–H and O–H groups in total. The van der Waals surface area contributed by atoms with Crippen molar-refractivity contribution in [3.63, 3.8) is 0 Å². The van der Waals surface area contributed by atoms with Crippen molar-refractivity contribution in [1.82, 2.24) is 10.2 Å². The molecule has 0 aromatic rings. The average molecular weight is 252 g/mol. The molecule has 1 atom stereocenters. The van der Waals surface area contributed by atoms with Gasteiger partial charge in [-0.25, -0.2) is 0 Å². The number of likely N-dealkylation sites (tertiary alicyclic amines) is 1. The summed E-state index contributed by atoms with van der Waals surface area (Å²) in [6.07, 6.45) is 11.3. The molecule has 1 aliphatic heterocycles. The monoisotopic (exact) mass is 252 g/mol. The van der Waals surface area contributed by atoms with E-state index in [-0.39, 0.29) is 0 Å². The Bertz CT molecular complexity index is 217. The van der Waals surface area contributed by atoms with Crippen LogP contribution in [0.15, 0.2) is 0 Å². The number of nitrogens with one attached hydrogen (secondary N) is 1. The highest BCUT2D eigenvalue weighted by molar-refractivity contribution is 4.81. The summed E-state index contributed by atoms with van der Waals surface area (Å²) in [6.45, 7) is 8.68. The van der Waals surface area contributed by atoms with Crippen LogP contribution in [0.5, 0.6) is 0 Å². The highest BCUT2D eigenvalue weighted by Gasteiger charge is 2.22. The van der Waals surface area contributed by atoms with Gasteiger partial charge in [0, 0.05) is 12.1 Å². The van der Waals surface area contributed by atoms with Crippen LogP contribution in [-0.2, 0) is 0 Å². The zero-order valence-electron chi connectivity index (χ0n) is 12.5. The fourth-order valence-electron chi connectivity index (χ4n) is 3.26. The summed E-state index contributed by atoms with van der Waals surface area (Å²) in [5.74, 6) is 1.02. The van der Waals surface area contributed by atoms with Crippen molar-refractivity contribution in [3.05, 3.63) is 0 Å². The van der Waals surface area contributed by atoms with Crippen molar-refractivity contribution in [3.8, 4) is 0 Å². The molecular weight excluding hydrogens is 220 g/mol. The van der Waals surface area contributed by atoms with E-state index in [9.17, 15) is 0 Å². The van der Waals surface area contributed by atoms with Gasteiger partial charge in [-0.1, -0.05) is 19.8 Å². The normalized spacial score (nSPS) is 24.3. The maximum atomic E-state index is 3.62. The molecule has 18 heavy (non-hydrogen) atoms. The van der Waals surface area contributed by atoms with E-state index >= 15 is 0 Å². The molecule has 0 radical (unpaired) electrons. The smallest absolute Gasteiger partial charge is 0.00682 e. The Labute approximate surface area is 114 Å². The summed E-state index contributed by atoms with van der Waals surface area (Å²) in [7, 11) is 0. The molecule has 0 bridgehead atoms. The minimum Gasteiger partial charge on any atom is -0.314 e. The van der Waals surface area contributed by atoms with Gasteiger partial charge in [0.15, 0.2) is 0 Å². The fourth-order valence-corrected chi connectivity index (χ4v) is 3.26. The maximum Gasteiger partial charge on any atom is 0.00682 e. The summed E-state index contributed by atoms with van der Waals surface area (Å²) in [4.78, 5) is 2.73. The van der Waals surface area contributed by atoms with Crippen LogP contribution in [0.1, 0.15) is 65.2 Å². The van der Waals surface area contributed by atoms with Crippen molar-refractivity contribution < 1.29 is 0 Å². The van der Waals surface area contributed by atoms with Gasteiger partial charge in [0.05, 0.1) is 0 Å². The van der Waals surface area contributed by atoms with Crippen LogP contribution in [0.4, 0.5) is 0 Å². The molecule has 2 rings (SSSR count). The summed E-state index contributed by atoms with van der Waals surface area (Å²) in [5, 5.41) is 3.62. The van der Waals surface area contributed by atoms with Crippen LogP contribution in [0.3, 0.4) is 0 Å². The molecule has 2 fully saturated rings. The van der Waals surface area contributed by atoms with Gasteiger partial charge in [0.25, 0.3) is 0 Å². The first kappa shape index (κ1) is 14.3. The van der Waals surface area contributed by atoms with E-state index in [1.165, 1.54) is 71.0 Å². The van der Waals surface area contributed by atoms with Crippen LogP contribution < -0.4 is 5.32 Å². The lowest BCUT2D eigenvalue weighted by molar-refractivity contribution is 0.130. The summed E-state index contributed by atoms with van der Waals surface area (Å²) < 4.78 is 0. The second-order valence-electron chi connectivity index (χ2n) is 6.49. The highest BCUT2D eigenvalue weighted by atomic mass is 15.2. The van der Waals surface area contributed by atoms with Crippen LogP contribution >= 0.6 is 0 Å². The van der Waals surface area contributed by atoms with E-state index < -0.39 is 0 Å². The fraction of sp³-hybridized carbons (Fsp3) is 1.00. The molecule has 0 spiro atoms. The number of rotatable bonds is 8. The molecule has 2 nitrogen and oxygen atoms in total. The molecule has 1 aliphatic carbocycles. The Balaban J connectivity index is 1.53. The Morgan fingerprint density at radius 3 is 2.50 bits per heavy atom. The Morgan fingerprint density at radius 2 is 1.89 bits per heavy atom. The molecule has 1 unspecified atom stereocenters. The zero-order valence-corrected chi connectivity index (χ0v) is 12.5. The molecule has 1 heterocycles. The van der Waals surface area contributed by atoms with Crippen molar-refractivity contribution >= 4 is 0 Å². The van der Waals surface area contributed by atoms with E-state index in [1.54, 1.807) is 0 Å². The van der Waals surface area contributed by atoms with Gasteiger partial charge in [-0.2, -0.15) is 0 Å². The maximum absolute atomic E-state index is 3.62. The lowest BCUT2D eigenvalue weighted by Crippen LogP contribution is -2.40. The second-order valence-corrected chi connectivity index (χ2v) is 6.49. The third kappa shape index (κ3) is 4.89. The third-order valence-electron chi connectivity index (χ3n) is 4.78. The van der Waals surface area contributed by atoms with Gasteiger partial charge in [-0.15, -0.1) is 0 Å². The molecule has 0 amide bonds. The minimum atomic E-state index is 0.800. The first-order chi connectivity index (χ1) is 8.79. The van der Waals surface area contributed by atoms with E-state index in [4.69, 9.17) is 0 Å².